The van der Waals surface area contributed by atoms with Gasteiger partial charge in [0, 0.05) is 29.4 Å². The first kappa shape index (κ1) is 17.8. The molecule has 9 rings (SSSR count). The average molecular weight is 447 g/mol. The molecule has 0 amide bonds. The third-order valence-electron chi connectivity index (χ3n) is 8.04. The second kappa shape index (κ2) is 6.10. The molecule has 4 heteroatoms. The van der Waals surface area contributed by atoms with Crippen molar-refractivity contribution in [1.29, 1.82) is 0 Å². The van der Waals surface area contributed by atoms with Crippen molar-refractivity contribution in [2.75, 3.05) is 0 Å². The lowest BCUT2D eigenvalue weighted by Gasteiger charge is -2.09. The van der Waals surface area contributed by atoms with E-state index >= 15 is 0 Å². The van der Waals surface area contributed by atoms with Gasteiger partial charge in [0.2, 0.25) is 0 Å². The molecule has 0 bridgehead atoms. The highest BCUT2D eigenvalue weighted by molar-refractivity contribution is 6.13. The zero-order chi connectivity index (χ0) is 22.7. The second-order valence-electron chi connectivity index (χ2n) is 9.71. The summed E-state index contributed by atoms with van der Waals surface area (Å²) in [6, 6.07) is 22.3. The van der Waals surface area contributed by atoms with E-state index in [0.29, 0.717) is 0 Å². The van der Waals surface area contributed by atoms with Gasteiger partial charge in [0.1, 0.15) is 5.65 Å². The fraction of sp³-hybridized carbons (Fsp3) is 0.0645. The van der Waals surface area contributed by atoms with Gasteiger partial charge < -0.3 is 0 Å². The molecule has 162 valence electrons. The first-order valence-corrected chi connectivity index (χ1v) is 12.0. The maximum absolute atomic E-state index is 5.13. The Kier molecular flexibility index (Phi) is 3.11. The maximum Gasteiger partial charge on any atom is 0.147 e. The van der Waals surface area contributed by atoms with E-state index < -0.39 is 0 Å². The Morgan fingerprint density at radius 3 is 2.29 bits per heavy atom. The summed E-state index contributed by atoms with van der Waals surface area (Å²) in [5.74, 6) is 0. The van der Waals surface area contributed by atoms with E-state index in [4.69, 9.17) is 4.98 Å². The Labute approximate surface area is 200 Å². The summed E-state index contributed by atoms with van der Waals surface area (Å²) in [5, 5.41) is 3.40. The number of nitrogens with zero attached hydrogens (tertiary/aromatic N) is 4. The molecule has 0 atom stereocenters. The van der Waals surface area contributed by atoms with Crippen molar-refractivity contribution in [2.45, 2.75) is 12.8 Å². The van der Waals surface area contributed by atoms with Crippen LogP contribution in [0.5, 0.6) is 0 Å². The van der Waals surface area contributed by atoms with Crippen molar-refractivity contribution in [3.8, 4) is 22.3 Å². The number of aromatic nitrogens is 4. The molecule has 4 heterocycles. The van der Waals surface area contributed by atoms with Gasteiger partial charge in [-0.1, -0.05) is 36.4 Å². The van der Waals surface area contributed by atoms with Gasteiger partial charge in [-0.3, -0.25) is 14.4 Å². The maximum atomic E-state index is 5.13. The lowest BCUT2D eigenvalue weighted by molar-refractivity contribution is 1.16. The van der Waals surface area contributed by atoms with Crippen LogP contribution < -0.4 is 0 Å². The van der Waals surface area contributed by atoms with Gasteiger partial charge in [0.25, 0.3) is 0 Å². The molecule has 0 saturated heterocycles. The van der Waals surface area contributed by atoms with Crippen molar-refractivity contribution >= 4 is 38.4 Å². The van der Waals surface area contributed by atoms with Crippen LogP contribution in [0.4, 0.5) is 0 Å². The summed E-state index contributed by atoms with van der Waals surface area (Å²) in [7, 11) is 0. The molecule has 0 radical (unpaired) electrons. The van der Waals surface area contributed by atoms with Crippen LogP contribution in [-0.4, -0.2) is 19.4 Å². The van der Waals surface area contributed by atoms with Crippen LogP contribution in [-0.2, 0) is 12.8 Å². The van der Waals surface area contributed by atoms with Crippen LogP contribution in [0.25, 0.3) is 60.6 Å². The Hall–Kier alpha value is -4.57. The van der Waals surface area contributed by atoms with Gasteiger partial charge in [0.15, 0.2) is 0 Å². The topological polar surface area (TPSA) is 43.1 Å². The predicted octanol–water partition coefficient (Wildman–Crippen LogP) is 6.73. The molecule has 35 heavy (non-hydrogen) atoms. The SMILES string of the molecule is c1ccc2c(c1)Cc1c-2ccc2c1Cc1cc3nc4c5cnccc5c5ccncc5n4c3cc1-2. The van der Waals surface area contributed by atoms with Crippen molar-refractivity contribution in [3.05, 3.63) is 108 Å². The van der Waals surface area contributed by atoms with E-state index in [1.54, 1.807) is 0 Å². The zero-order valence-electron chi connectivity index (χ0n) is 18.8. The Bertz CT molecular complexity index is 2070. The van der Waals surface area contributed by atoms with E-state index in [1.807, 2.05) is 24.8 Å². The third kappa shape index (κ3) is 2.15. The number of hydrogen-bond donors (Lipinski definition) is 0. The van der Waals surface area contributed by atoms with E-state index in [1.165, 1.54) is 49.9 Å². The quantitative estimate of drug-likeness (QED) is 0.243. The first-order chi connectivity index (χ1) is 17.3. The Morgan fingerprint density at radius 2 is 1.37 bits per heavy atom. The smallest absolute Gasteiger partial charge is 0.147 e. The van der Waals surface area contributed by atoms with Gasteiger partial charge in [-0.15, -0.1) is 0 Å². The van der Waals surface area contributed by atoms with Crippen LogP contribution in [0, 0.1) is 0 Å². The lowest BCUT2D eigenvalue weighted by atomic mass is 9.96. The molecule has 4 aromatic heterocycles. The molecule has 7 aromatic rings. The standard InChI is InChI=1S/C31H18N4/c1-2-4-19-17(3-1)11-25-20(19)5-6-21-24-14-29-28(13-18(24)12-26(21)25)34-31-27-15-32-9-7-22(27)23-8-10-33-16-30(23)35(29)31/h1-10,13-16H,11-12H2. The van der Waals surface area contributed by atoms with Gasteiger partial charge in [-0.2, -0.15) is 0 Å². The number of rotatable bonds is 0. The largest absolute Gasteiger partial charge is 0.290 e. The van der Waals surface area contributed by atoms with Crippen LogP contribution in [0.3, 0.4) is 0 Å². The second-order valence-corrected chi connectivity index (χ2v) is 9.71. The fourth-order valence-electron chi connectivity index (χ4n) is 6.51. The summed E-state index contributed by atoms with van der Waals surface area (Å²) in [4.78, 5) is 14.0. The monoisotopic (exact) mass is 446 g/mol. The molecule has 2 aliphatic rings. The number of benzene rings is 3. The van der Waals surface area contributed by atoms with Gasteiger partial charge >= 0.3 is 0 Å². The van der Waals surface area contributed by atoms with E-state index in [0.717, 1.165) is 45.8 Å². The summed E-state index contributed by atoms with van der Waals surface area (Å²) in [6.07, 6.45) is 9.59. The summed E-state index contributed by atoms with van der Waals surface area (Å²) in [6.45, 7) is 0. The Morgan fingerprint density at radius 1 is 0.600 bits per heavy atom. The highest BCUT2D eigenvalue weighted by atomic mass is 15.0. The van der Waals surface area contributed by atoms with Crippen LogP contribution >= 0.6 is 0 Å². The number of imidazole rings is 1. The molecule has 0 spiro atoms. The van der Waals surface area contributed by atoms with E-state index in [-0.39, 0.29) is 0 Å². The molecule has 0 saturated carbocycles. The van der Waals surface area contributed by atoms with Crippen molar-refractivity contribution in [2.24, 2.45) is 0 Å². The molecule has 0 fully saturated rings. The number of hydrogen-bond acceptors (Lipinski definition) is 3. The van der Waals surface area contributed by atoms with Crippen LogP contribution in [0.2, 0.25) is 0 Å². The minimum absolute atomic E-state index is 0.942. The van der Waals surface area contributed by atoms with Crippen molar-refractivity contribution in [3.63, 3.8) is 0 Å². The predicted molar refractivity (Wildman–Crippen MR) is 140 cm³/mol. The highest BCUT2D eigenvalue weighted by Gasteiger charge is 2.28. The fourth-order valence-corrected chi connectivity index (χ4v) is 6.51. The minimum atomic E-state index is 0.942. The van der Waals surface area contributed by atoms with Gasteiger partial charge in [-0.05, 0) is 87.0 Å². The summed E-state index contributed by atoms with van der Waals surface area (Å²) < 4.78 is 2.27. The third-order valence-corrected chi connectivity index (χ3v) is 8.04. The van der Waals surface area contributed by atoms with Gasteiger partial charge in [-0.25, -0.2) is 4.98 Å². The van der Waals surface area contributed by atoms with Crippen molar-refractivity contribution < 1.29 is 0 Å². The normalized spacial score (nSPS) is 13.5. The van der Waals surface area contributed by atoms with Crippen molar-refractivity contribution in [1.82, 2.24) is 19.4 Å². The Balaban J connectivity index is 1.36. The molecule has 0 unspecified atom stereocenters. The zero-order valence-corrected chi connectivity index (χ0v) is 18.8. The molecule has 0 N–H and O–H groups in total. The molecule has 0 aliphatic heterocycles. The highest BCUT2D eigenvalue weighted by Crippen LogP contribution is 2.47. The molecular formula is C31H18N4. The molecule has 3 aromatic carbocycles. The molecule has 4 nitrogen and oxygen atoms in total. The van der Waals surface area contributed by atoms with E-state index in [2.05, 4.69) is 75.0 Å². The molecule has 2 aliphatic carbocycles. The number of pyridine rings is 3. The van der Waals surface area contributed by atoms with E-state index in [9.17, 15) is 0 Å². The van der Waals surface area contributed by atoms with Crippen LogP contribution in [0.15, 0.2) is 85.5 Å². The lowest BCUT2D eigenvalue weighted by Crippen LogP contribution is -1.93. The first-order valence-electron chi connectivity index (χ1n) is 12.0. The minimum Gasteiger partial charge on any atom is -0.290 e. The average Bonchev–Trinajstić information content (AvgIpc) is 3.58. The molecular weight excluding hydrogens is 428 g/mol. The van der Waals surface area contributed by atoms with Gasteiger partial charge in [0.05, 0.1) is 22.7 Å². The summed E-state index contributed by atoms with van der Waals surface area (Å²) in [5.41, 5.74) is 15.4. The number of fused-ring (bicyclic) bond motifs is 15. The van der Waals surface area contributed by atoms with Crippen LogP contribution in [0.1, 0.15) is 22.3 Å². The summed E-state index contributed by atoms with van der Waals surface area (Å²) >= 11 is 0.